The van der Waals surface area contributed by atoms with E-state index >= 15 is 0 Å². The Bertz CT molecular complexity index is 1950. The third-order valence-corrected chi connectivity index (χ3v) is 10.2. The van der Waals surface area contributed by atoms with Crippen LogP contribution in [0.4, 0.5) is 0 Å². The van der Waals surface area contributed by atoms with Gasteiger partial charge in [-0.15, -0.1) is 0 Å². The topological polar surface area (TPSA) is 199 Å². The van der Waals surface area contributed by atoms with E-state index in [-0.39, 0.29) is 19.8 Å². The van der Waals surface area contributed by atoms with Crippen molar-refractivity contribution in [1.29, 1.82) is 5.41 Å². The summed E-state index contributed by atoms with van der Waals surface area (Å²) in [4.78, 5) is 30.5. The number of halogens is 3. The summed E-state index contributed by atoms with van der Waals surface area (Å²) in [7, 11) is 1.12. The SMILES string of the molecule is COC(=O)[C@@H]1OC(OC(=N)C(Cl)(Cl)Cl)[C@H](OC(=O)C(C)(C)C)[C@@H](OCc2ccccc2)[C@@H]1O[C@H]1O[C@@H]2COC(c3ccccc3)O[C@H]2[C@H](OCc2ccccc2)[C@H]1N=[N+]=[N-]. The Morgan fingerprint density at radius 1 is 0.800 bits per heavy atom. The Morgan fingerprint density at radius 2 is 1.38 bits per heavy atom. The highest BCUT2D eigenvalue weighted by atomic mass is 35.6. The number of nitrogens with one attached hydrogen (secondary N) is 1. The molecular weight excluding hydrogens is 847 g/mol. The van der Waals surface area contributed by atoms with Crippen LogP contribution >= 0.6 is 34.8 Å². The number of carbonyl (C=O) groups excluding carboxylic acids is 2. The molecule has 2 unspecified atom stereocenters. The van der Waals surface area contributed by atoms with Crippen LogP contribution in [0.15, 0.2) is 96.1 Å². The molecule has 0 bridgehead atoms. The van der Waals surface area contributed by atoms with E-state index in [1.165, 1.54) is 0 Å². The maximum absolute atomic E-state index is 13.7. The zero-order valence-electron chi connectivity index (χ0n) is 33.0. The lowest BCUT2D eigenvalue weighted by atomic mass is 9.94. The second-order valence-electron chi connectivity index (χ2n) is 15.1. The third-order valence-electron chi connectivity index (χ3n) is 9.70. The van der Waals surface area contributed by atoms with Crippen LogP contribution in [0.3, 0.4) is 0 Å². The van der Waals surface area contributed by atoms with Crippen LogP contribution in [0.2, 0.25) is 0 Å². The molecule has 0 aromatic heterocycles. The Balaban J connectivity index is 1.41. The van der Waals surface area contributed by atoms with E-state index in [9.17, 15) is 15.1 Å². The predicted octanol–water partition coefficient (Wildman–Crippen LogP) is 7.28. The molecule has 3 aliphatic heterocycles. The number of esters is 2. The smallest absolute Gasteiger partial charge is 0.338 e. The highest BCUT2D eigenvalue weighted by Crippen LogP contribution is 2.40. The van der Waals surface area contributed by atoms with Gasteiger partial charge in [-0.1, -0.05) is 131 Å². The van der Waals surface area contributed by atoms with Gasteiger partial charge >= 0.3 is 11.9 Å². The zero-order chi connectivity index (χ0) is 43.0. The molecule has 322 valence electrons. The average Bonchev–Trinajstić information content (AvgIpc) is 3.23. The van der Waals surface area contributed by atoms with Gasteiger partial charge in [0.1, 0.15) is 36.6 Å². The largest absolute Gasteiger partial charge is 0.467 e. The van der Waals surface area contributed by atoms with Crippen LogP contribution in [0.5, 0.6) is 0 Å². The van der Waals surface area contributed by atoms with Gasteiger partial charge in [-0.05, 0) is 37.4 Å². The summed E-state index contributed by atoms with van der Waals surface area (Å²) in [6, 6.07) is 26.3. The molecule has 0 radical (unpaired) electrons. The molecule has 3 fully saturated rings. The van der Waals surface area contributed by atoms with Gasteiger partial charge in [0.15, 0.2) is 24.8 Å². The minimum Gasteiger partial charge on any atom is -0.467 e. The summed E-state index contributed by atoms with van der Waals surface area (Å²) in [6.45, 7) is 4.82. The molecule has 3 aromatic rings. The first kappa shape index (κ1) is 45.5. The fourth-order valence-electron chi connectivity index (χ4n) is 6.67. The lowest BCUT2D eigenvalue weighted by Crippen LogP contribution is -2.67. The molecule has 3 aromatic carbocycles. The number of benzene rings is 3. The van der Waals surface area contributed by atoms with Crippen molar-refractivity contribution in [1.82, 2.24) is 0 Å². The number of nitrogens with zero attached hydrogens (tertiary/aromatic N) is 3. The highest BCUT2D eigenvalue weighted by molar-refractivity contribution is 6.76. The Hall–Kier alpha value is -4.03. The quantitative estimate of drug-likeness (QED) is 0.0343. The molecule has 0 spiro atoms. The van der Waals surface area contributed by atoms with Crippen molar-refractivity contribution in [3.05, 3.63) is 118 Å². The van der Waals surface area contributed by atoms with Gasteiger partial charge in [0.2, 0.25) is 12.2 Å². The number of ether oxygens (including phenoxy) is 10. The molecule has 16 nitrogen and oxygen atoms in total. The fraction of sp³-hybridized carbons (Fsp3) is 0.488. The molecule has 6 rings (SSSR count). The van der Waals surface area contributed by atoms with E-state index < -0.39 is 94.7 Å². The second-order valence-corrected chi connectivity index (χ2v) is 17.3. The molecule has 60 heavy (non-hydrogen) atoms. The Kier molecular flexibility index (Phi) is 15.3. The molecule has 11 atom stereocenters. The molecule has 0 aliphatic carbocycles. The number of methoxy groups -OCH3 is 1. The minimum absolute atomic E-state index is 0.00528. The van der Waals surface area contributed by atoms with E-state index in [1.807, 2.05) is 66.7 Å². The van der Waals surface area contributed by atoms with Crippen LogP contribution in [-0.2, 0) is 70.2 Å². The lowest BCUT2D eigenvalue weighted by molar-refractivity contribution is -0.370. The molecular formula is C41H45Cl3N4O12. The monoisotopic (exact) mass is 890 g/mol. The number of carbonyl (C=O) groups is 2. The van der Waals surface area contributed by atoms with Gasteiger partial charge < -0.3 is 47.4 Å². The number of hydrogen-bond donors (Lipinski definition) is 1. The average molecular weight is 892 g/mol. The summed E-state index contributed by atoms with van der Waals surface area (Å²) in [5.41, 5.74) is 11.2. The normalized spacial score (nSPS) is 29.3. The number of fused-ring (bicyclic) bond motifs is 1. The summed E-state index contributed by atoms with van der Waals surface area (Å²) >= 11 is 18.0. The van der Waals surface area contributed by atoms with Crippen molar-refractivity contribution in [2.75, 3.05) is 13.7 Å². The van der Waals surface area contributed by atoms with Crippen molar-refractivity contribution >= 4 is 52.6 Å². The van der Waals surface area contributed by atoms with Gasteiger partial charge in [0.05, 0.1) is 32.3 Å². The molecule has 3 aliphatic rings. The Labute approximate surface area is 361 Å². The molecule has 19 heteroatoms. The molecule has 0 amide bonds. The summed E-state index contributed by atoms with van der Waals surface area (Å²) in [5, 5.41) is 12.5. The van der Waals surface area contributed by atoms with Crippen molar-refractivity contribution in [2.24, 2.45) is 10.5 Å². The predicted molar refractivity (Wildman–Crippen MR) is 216 cm³/mol. The lowest BCUT2D eigenvalue weighted by Gasteiger charge is -2.50. The van der Waals surface area contributed by atoms with Crippen LogP contribution in [0.25, 0.3) is 10.4 Å². The van der Waals surface area contributed by atoms with Gasteiger partial charge in [0, 0.05) is 10.5 Å². The number of azide groups is 1. The number of rotatable bonds is 13. The maximum Gasteiger partial charge on any atom is 0.338 e. The second kappa shape index (κ2) is 20.2. The van der Waals surface area contributed by atoms with Crippen molar-refractivity contribution < 1.29 is 57.0 Å². The minimum atomic E-state index is -2.39. The zero-order valence-corrected chi connectivity index (χ0v) is 35.3. The highest BCUT2D eigenvalue weighted by Gasteiger charge is 2.58. The number of hydrogen-bond acceptors (Lipinski definition) is 14. The number of alkyl halides is 3. The van der Waals surface area contributed by atoms with Crippen LogP contribution < -0.4 is 0 Å². The summed E-state index contributed by atoms with van der Waals surface area (Å²) < 4.78 is 59.4. The first-order valence-corrected chi connectivity index (χ1v) is 20.1. The summed E-state index contributed by atoms with van der Waals surface area (Å²) in [6.07, 6.45) is -13.2. The van der Waals surface area contributed by atoms with Crippen molar-refractivity contribution in [3.63, 3.8) is 0 Å². The first-order valence-electron chi connectivity index (χ1n) is 18.9. The third kappa shape index (κ3) is 11.3. The van der Waals surface area contributed by atoms with E-state index in [4.69, 9.17) is 87.6 Å². The van der Waals surface area contributed by atoms with Crippen molar-refractivity contribution in [3.8, 4) is 0 Å². The fourth-order valence-corrected chi connectivity index (χ4v) is 6.81. The van der Waals surface area contributed by atoms with E-state index in [0.29, 0.717) is 5.56 Å². The van der Waals surface area contributed by atoms with Crippen LogP contribution in [0, 0.1) is 10.8 Å². The maximum atomic E-state index is 13.7. The van der Waals surface area contributed by atoms with Gasteiger partial charge in [-0.2, -0.15) is 0 Å². The first-order chi connectivity index (χ1) is 28.7. The molecule has 1 N–H and O–H groups in total. The van der Waals surface area contributed by atoms with Gasteiger partial charge in [-0.3, -0.25) is 10.2 Å². The van der Waals surface area contributed by atoms with Gasteiger partial charge in [0.25, 0.3) is 3.79 Å². The summed E-state index contributed by atoms with van der Waals surface area (Å²) in [5.74, 6) is -2.63. The van der Waals surface area contributed by atoms with E-state index in [0.717, 1.165) is 18.2 Å². The standard InChI is InChI=1S/C41H45Cl3N4O12/c1-40(2,3)39(50)59-33-30(53-21-24-16-10-6-11-17-24)31(32(34(49)51-4)58-37(33)60-38(45)41(42,43)44)57-36-27(47-48-46)29(52-20-23-14-8-5-9-15-23)28-26(55-36)22-54-35(56-28)25-18-12-7-13-19-25/h5-19,26-33,35-37,45H,20-22H2,1-4H3/t26-,27-,28-,29-,30+,31+,32-,33-,35?,36-,37?/m1/s1. The van der Waals surface area contributed by atoms with E-state index in [1.54, 1.807) is 45.0 Å². The Morgan fingerprint density at radius 3 is 1.93 bits per heavy atom. The molecule has 0 saturated carbocycles. The van der Waals surface area contributed by atoms with Crippen molar-refractivity contribution in [2.45, 2.75) is 105 Å². The van der Waals surface area contributed by atoms with Crippen LogP contribution in [-0.4, -0.2) is 96.7 Å². The molecule has 3 heterocycles. The molecule has 3 saturated heterocycles. The van der Waals surface area contributed by atoms with Gasteiger partial charge in [-0.25, -0.2) is 4.79 Å². The van der Waals surface area contributed by atoms with Crippen LogP contribution in [0.1, 0.15) is 43.8 Å². The van der Waals surface area contributed by atoms with E-state index in [2.05, 4.69) is 10.0 Å².